The second kappa shape index (κ2) is 10.5. The first kappa shape index (κ1) is 25.2. The highest BCUT2D eigenvalue weighted by Gasteiger charge is 2.37. The van der Waals surface area contributed by atoms with Gasteiger partial charge in [0.1, 0.15) is 5.75 Å². The minimum absolute atomic E-state index is 0.00440. The third kappa shape index (κ3) is 5.28. The lowest BCUT2D eigenvalue weighted by Gasteiger charge is -2.33. The minimum atomic E-state index is -0.954. The Morgan fingerprint density at radius 3 is 2.50 bits per heavy atom. The SMILES string of the molecule is O=c1[nH]/c(=N\c2ccc(Oc3ncccc3F)cc2)n(Cc2ccc(Cl)cc2)c(=O)n1[C@H]1C[C@H](C(=O)O)C1. The van der Waals surface area contributed by atoms with Gasteiger partial charge < -0.3 is 9.84 Å². The number of ether oxygens (including phenoxy) is 1. The predicted molar refractivity (Wildman–Crippen MR) is 135 cm³/mol. The normalized spacial score (nSPS) is 17.2. The third-order valence-electron chi connectivity index (χ3n) is 6.22. The molecule has 0 aliphatic heterocycles. The molecule has 0 radical (unpaired) electrons. The molecule has 0 unspecified atom stereocenters. The fourth-order valence-electron chi connectivity index (χ4n) is 4.13. The molecule has 1 saturated carbocycles. The maximum atomic E-state index is 13.8. The van der Waals surface area contributed by atoms with E-state index < -0.39 is 35.1 Å². The van der Waals surface area contributed by atoms with Gasteiger partial charge in [-0.1, -0.05) is 23.7 Å². The van der Waals surface area contributed by atoms with Gasteiger partial charge in [0.2, 0.25) is 5.62 Å². The molecule has 4 aromatic rings. The molecule has 2 aromatic carbocycles. The van der Waals surface area contributed by atoms with Gasteiger partial charge in [-0.25, -0.2) is 28.5 Å². The van der Waals surface area contributed by atoms with Crippen LogP contribution < -0.4 is 21.7 Å². The highest BCUT2D eigenvalue weighted by Crippen LogP contribution is 2.36. The quantitative estimate of drug-likeness (QED) is 0.370. The fourth-order valence-corrected chi connectivity index (χ4v) is 4.25. The molecule has 2 aromatic heterocycles. The molecule has 5 rings (SSSR count). The van der Waals surface area contributed by atoms with Crippen molar-refractivity contribution in [1.82, 2.24) is 19.1 Å². The summed E-state index contributed by atoms with van der Waals surface area (Å²) in [4.78, 5) is 48.6. The average Bonchev–Trinajstić information content (AvgIpc) is 2.86. The summed E-state index contributed by atoms with van der Waals surface area (Å²) < 4.78 is 21.6. The average molecular weight is 538 g/mol. The van der Waals surface area contributed by atoms with Gasteiger partial charge in [0.05, 0.1) is 18.2 Å². The Bertz CT molecular complexity index is 1670. The van der Waals surface area contributed by atoms with E-state index in [0.717, 1.165) is 10.1 Å². The number of benzene rings is 2. The standard InChI is InChI=1S/C26H21ClFN5O5/c27-17-5-3-15(4-6-17)14-32-24(31-25(36)33(26(32)37)19-12-16(13-19)23(34)35)30-18-7-9-20(10-8-18)38-22-21(28)2-1-11-29-22/h1-11,16,19H,12-14H2,(H,34,35)(H,30,31,36)/t16-,19-. The Balaban J connectivity index is 1.52. The zero-order valence-electron chi connectivity index (χ0n) is 19.8. The van der Waals surface area contributed by atoms with Crippen molar-refractivity contribution in [3.05, 3.63) is 110 Å². The molecule has 10 nitrogen and oxygen atoms in total. The monoisotopic (exact) mass is 537 g/mol. The van der Waals surface area contributed by atoms with Crippen LogP contribution in [0.4, 0.5) is 10.1 Å². The van der Waals surface area contributed by atoms with Crippen molar-refractivity contribution in [3.63, 3.8) is 0 Å². The first-order valence-electron chi connectivity index (χ1n) is 11.6. The number of H-pyrrole nitrogens is 1. The molecule has 0 atom stereocenters. The summed E-state index contributed by atoms with van der Waals surface area (Å²) >= 11 is 5.99. The van der Waals surface area contributed by atoms with E-state index in [1.165, 1.54) is 22.9 Å². The Hall–Kier alpha value is -4.51. The number of nitrogens with zero attached hydrogens (tertiary/aromatic N) is 4. The molecule has 0 bridgehead atoms. The largest absolute Gasteiger partial charge is 0.481 e. The van der Waals surface area contributed by atoms with Crippen molar-refractivity contribution < 1.29 is 19.0 Å². The number of aliphatic carboxylic acids is 1. The summed E-state index contributed by atoms with van der Waals surface area (Å²) in [6.45, 7) is 0.0842. The Morgan fingerprint density at radius 2 is 1.84 bits per heavy atom. The van der Waals surface area contributed by atoms with E-state index in [0.29, 0.717) is 16.5 Å². The third-order valence-corrected chi connectivity index (χ3v) is 6.47. The van der Waals surface area contributed by atoms with Gasteiger partial charge in [0, 0.05) is 17.3 Å². The van der Waals surface area contributed by atoms with E-state index >= 15 is 0 Å². The highest BCUT2D eigenvalue weighted by molar-refractivity contribution is 6.30. The van der Waals surface area contributed by atoms with Crippen LogP contribution in [0.3, 0.4) is 0 Å². The van der Waals surface area contributed by atoms with Crippen LogP contribution in [-0.4, -0.2) is 30.2 Å². The summed E-state index contributed by atoms with van der Waals surface area (Å²) in [7, 11) is 0. The van der Waals surface area contributed by atoms with Crippen molar-refractivity contribution in [2.75, 3.05) is 0 Å². The molecule has 2 N–H and O–H groups in total. The van der Waals surface area contributed by atoms with Gasteiger partial charge in [-0.2, -0.15) is 0 Å². The van der Waals surface area contributed by atoms with Gasteiger partial charge in [-0.3, -0.25) is 14.3 Å². The fraction of sp³-hybridized carbons (Fsp3) is 0.192. The molecule has 0 amide bonds. The number of hydrogen-bond donors (Lipinski definition) is 2. The molecule has 12 heteroatoms. The lowest BCUT2D eigenvalue weighted by atomic mass is 9.80. The molecule has 194 valence electrons. The Kier molecular flexibility index (Phi) is 6.93. The molecule has 1 aliphatic rings. The molecule has 0 saturated heterocycles. The van der Waals surface area contributed by atoms with Gasteiger partial charge in [-0.05, 0) is 66.9 Å². The topological polar surface area (TPSA) is 132 Å². The Morgan fingerprint density at radius 1 is 1.13 bits per heavy atom. The second-order valence-electron chi connectivity index (χ2n) is 8.78. The van der Waals surface area contributed by atoms with Crippen molar-refractivity contribution in [2.45, 2.75) is 25.4 Å². The number of carboxylic acids is 1. The van der Waals surface area contributed by atoms with E-state index in [9.17, 15) is 23.9 Å². The Labute approximate surface area is 219 Å². The smallest absolute Gasteiger partial charge is 0.335 e. The van der Waals surface area contributed by atoms with E-state index in [1.807, 2.05) is 0 Å². The number of pyridine rings is 1. The highest BCUT2D eigenvalue weighted by atomic mass is 35.5. The summed E-state index contributed by atoms with van der Waals surface area (Å²) in [5, 5.41) is 9.73. The van der Waals surface area contributed by atoms with Crippen molar-refractivity contribution in [3.8, 4) is 11.6 Å². The van der Waals surface area contributed by atoms with Crippen LogP contribution in [0.1, 0.15) is 24.4 Å². The zero-order chi connectivity index (χ0) is 26.8. The minimum Gasteiger partial charge on any atom is -0.481 e. The number of rotatable bonds is 7. The van der Waals surface area contributed by atoms with Crippen LogP contribution in [0.15, 0.2) is 81.4 Å². The summed E-state index contributed by atoms with van der Waals surface area (Å²) in [6, 6.07) is 15.3. The predicted octanol–water partition coefficient (Wildman–Crippen LogP) is 3.63. The molecule has 38 heavy (non-hydrogen) atoms. The number of aromatic amines is 1. The molecular formula is C26H21ClFN5O5. The molecule has 0 spiro atoms. The van der Waals surface area contributed by atoms with Gasteiger partial charge in [0.15, 0.2) is 5.82 Å². The van der Waals surface area contributed by atoms with Crippen LogP contribution in [0, 0.1) is 11.7 Å². The van der Waals surface area contributed by atoms with E-state index in [2.05, 4.69) is 15.0 Å². The lowest BCUT2D eigenvalue weighted by molar-refractivity contribution is -0.146. The van der Waals surface area contributed by atoms with Crippen molar-refractivity contribution >= 4 is 23.3 Å². The van der Waals surface area contributed by atoms with Gasteiger partial charge in [0.25, 0.3) is 5.88 Å². The van der Waals surface area contributed by atoms with E-state index in [1.54, 1.807) is 48.5 Å². The van der Waals surface area contributed by atoms with Crippen LogP contribution in [-0.2, 0) is 11.3 Å². The summed E-state index contributed by atoms with van der Waals surface area (Å²) in [5.41, 5.74) is -0.150. The van der Waals surface area contributed by atoms with Crippen LogP contribution >= 0.6 is 11.6 Å². The number of halogens is 2. The number of carboxylic acid groups (broad SMARTS) is 1. The lowest BCUT2D eigenvalue weighted by Crippen LogP contribution is -2.53. The summed E-state index contributed by atoms with van der Waals surface area (Å²) in [5.74, 6) is -2.02. The zero-order valence-corrected chi connectivity index (χ0v) is 20.5. The van der Waals surface area contributed by atoms with E-state index in [-0.39, 0.29) is 30.9 Å². The number of aromatic nitrogens is 4. The van der Waals surface area contributed by atoms with Crippen LogP contribution in [0.5, 0.6) is 11.6 Å². The maximum Gasteiger partial charge on any atom is 0.335 e. The summed E-state index contributed by atoms with van der Waals surface area (Å²) in [6.07, 6.45) is 1.79. The first-order chi connectivity index (χ1) is 18.3. The molecule has 1 fully saturated rings. The molecule has 1 aliphatic carbocycles. The molecular weight excluding hydrogens is 517 g/mol. The van der Waals surface area contributed by atoms with Crippen LogP contribution in [0.25, 0.3) is 0 Å². The van der Waals surface area contributed by atoms with Crippen molar-refractivity contribution in [2.24, 2.45) is 10.9 Å². The number of carbonyl (C=O) groups is 1. The van der Waals surface area contributed by atoms with Crippen LogP contribution in [0.2, 0.25) is 5.02 Å². The maximum absolute atomic E-state index is 13.8. The second-order valence-corrected chi connectivity index (χ2v) is 9.21. The first-order valence-corrected chi connectivity index (χ1v) is 12.0. The molecule has 2 heterocycles. The van der Waals surface area contributed by atoms with Gasteiger partial charge in [-0.15, -0.1) is 0 Å². The number of hydrogen-bond acceptors (Lipinski definition) is 6. The van der Waals surface area contributed by atoms with E-state index in [4.69, 9.17) is 16.3 Å². The van der Waals surface area contributed by atoms with Crippen molar-refractivity contribution in [1.29, 1.82) is 0 Å². The number of nitrogens with one attached hydrogen (secondary N) is 1. The van der Waals surface area contributed by atoms with Gasteiger partial charge >= 0.3 is 17.3 Å².